The van der Waals surface area contributed by atoms with Crippen molar-refractivity contribution in [3.63, 3.8) is 0 Å². The van der Waals surface area contributed by atoms with Crippen LogP contribution in [0.1, 0.15) is 63.2 Å². The van der Waals surface area contributed by atoms with E-state index >= 15 is 0 Å². The first-order valence-corrected chi connectivity index (χ1v) is 12.9. The van der Waals surface area contributed by atoms with E-state index in [0.29, 0.717) is 16.5 Å². The predicted molar refractivity (Wildman–Crippen MR) is 139 cm³/mol. The lowest BCUT2D eigenvalue weighted by molar-refractivity contribution is 0.100. The van der Waals surface area contributed by atoms with Crippen molar-refractivity contribution in [3.05, 3.63) is 77.2 Å². The Morgan fingerprint density at radius 2 is 1.65 bits per heavy atom. The molecule has 0 spiro atoms. The minimum Gasteiger partial charge on any atom is -0.374 e. The highest BCUT2D eigenvalue weighted by molar-refractivity contribution is 7.81. The molecule has 2 fully saturated rings. The zero-order valence-electron chi connectivity index (χ0n) is 20.3. The summed E-state index contributed by atoms with van der Waals surface area (Å²) in [4.78, 5) is 18.7. The van der Waals surface area contributed by atoms with E-state index in [2.05, 4.69) is 25.7 Å². The number of fused-ring (bicyclic) bond motifs is 2. The molecule has 5 heteroatoms. The number of carbonyl (C=O) groups excluding carboxylic acids is 1. The van der Waals surface area contributed by atoms with Crippen LogP contribution in [0.25, 0.3) is 0 Å². The van der Waals surface area contributed by atoms with Crippen LogP contribution >= 0.6 is 12.2 Å². The summed E-state index contributed by atoms with van der Waals surface area (Å²) in [5.74, 6) is -0.259. The number of rotatable bonds is 4. The van der Waals surface area contributed by atoms with Crippen LogP contribution < -0.4 is 4.90 Å². The number of halogens is 1. The van der Waals surface area contributed by atoms with E-state index < -0.39 is 0 Å². The summed E-state index contributed by atoms with van der Waals surface area (Å²) in [6.45, 7) is 9.26. The van der Waals surface area contributed by atoms with Crippen LogP contribution in [0.4, 0.5) is 10.1 Å². The van der Waals surface area contributed by atoms with Gasteiger partial charge in [0.2, 0.25) is 0 Å². The second kappa shape index (κ2) is 8.60. The van der Waals surface area contributed by atoms with Crippen molar-refractivity contribution in [1.82, 2.24) is 4.90 Å². The van der Waals surface area contributed by atoms with E-state index in [0.717, 1.165) is 31.6 Å². The normalized spacial score (nSPS) is 25.5. The predicted octanol–water partition coefficient (Wildman–Crippen LogP) is 7.00. The highest BCUT2D eigenvalue weighted by Crippen LogP contribution is 2.68. The van der Waals surface area contributed by atoms with E-state index in [1.54, 1.807) is 17.0 Å². The highest BCUT2D eigenvalue weighted by Gasteiger charge is 2.63. The molecule has 0 N–H and O–H groups in total. The number of piperidine rings is 1. The molecule has 178 valence electrons. The lowest BCUT2D eigenvalue weighted by atomic mass is 9.69. The largest absolute Gasteiger partial charge is 0.374 e. The van der Waals surface area contributed by atoms with Crippen molar-refractivity contribution in [2.45, 2.75) is 52.9 Å². The summed E-state index contributed by atoms with van der Waals surface area (Å²) in [7, 11) is 0. The summed E-state index contributed by atoms with van der Waals surface area (Å²) in [5.41, 5.74) is 3.83. The maximum absolute atomic E-state index is 13.9. The Kier molecular flexibility index (Phi) is 5.87. The lowest BCUT2D eigenvalue weighted by Gasteiger charge is -2.43. The molecule has 1 aliphatic heterocycles. The third-order valence-electron chi connectivity index (χ3n) is 8.77. The molecule has 3 aliphatic rings. The van der Waals surface area contributed by atoms with Crippen molar-refractivity contribution >= 4 is 28.8 Å². The fraction of sp³-hybridized carbons (Fsp3) is 0.448. The van der Waals surface area contributed by atoms with E-state index in [1.165, 1.54) is 42.7 Å². The number of anilines is 1. The van der Waals surface area contributed by atoms with Gasteiger partial charge in [-0.15, -0.1) is 0 Å². The highest BCUT2D eigenvalue weighted by atomic mass is 32.1. The minimum atomic E-state index is -0.358. The van der Waals surface area contributed by atoms with Gasteiger partial charge in [-0.25, -0.2) is 4.39 Å². The molecule has 1 amide bonds. The smallest absolute Gasteiger partial charge is 0.263 e. The average Bonchev–Trinajstić information content (AvgIpc) is 3.18. The zero-order valence-corrected chi connectivity index (χ0v) is 21.1. The summed E-state index contributed by atoms with van der Waals surface area (Å²) < 4.78 is 13.6. The molecule has 2 aromatic carbocycles. The minimum absolute atomic E-state index is 0.0374. The van der Waals surface area contributed by atoms with Crippen LogP contribution in [0.5, 0.6) is 0 Å². The van der Waals surface area contributed by atoms with Gasteiger partial charge in [0.1, 0.15) is 10.8 Å². The average molecular weight is 477 g/mol. The Bertz CT molecular complexity index is 1130. The second-order valence-corrected chi connectivity index (χ2v) is 11.1. The molecular formula is C29H33FN2OS. The van der Waals surface area contributed by atoms with Crippen molar-refractivity contribution in [2.24, 2.45) is 16.7 Å². The number of hydrogen-bond acceptors (Lipinski definition) is 3. The van der Waals surface area contributed by atoms with Gasteiger partial charge in [0.05, 0.1) is 5.69 Å². The van der Waals surface area contributed by atoms with Crippen LogP contribution in [0, 0.1) is 22.6 Å². The van der Waals surface area contributed by atoms with Gasteiger partial charge in [-0.3, -0.25) is 9.69 Å². The van der Waals surface area contributed by atoms with Gasteiger partial charge in [-0.2, -0.15) is 0 Å². The van der Waals surface area contributed by atoms with Crippen molar-refractivity contribution < 1.29 is 9.18 Å². The van der Waals surface area contributed by atoms with Gasteiger partial charge in [0.25, 0.3) is 5.91 Å². The van der Waals surface area contributed by atoms with Crippen LogP contribution in [0.2, 0.25) is 0 Å². The molecule has 2 atom stereocenters. The summed E-state index contributed by atoms with van der Waals surface area (Å²) in [6, 6.07) is 15.4. The quantitative estimate of drug-likeness (QED) is 0.444. The number of para-hydroxylation sites is 1. The Morgan fingerprint density at radius 1 is 1.00 bits per heavy atom. The van der Waals surface area contributed by atoms with Crippen molar-refractivity contribution in [1.29, 1.82) is 0 Å². The molecule has 1 saturated heterocycles. The monoisotopic (exact) mass is 476 g/mol. The molecule has 0 radical (unpaired) electrons. The van der Waals surface area contributed by atoms with Crippen LogP contribution in [-0.2, 0) is 0 Å². The first-order chi connectivity index (χ1) is 16.3. The number of hydrogen-bond donors (Lipinski definition) is 0. The Hall–Kier alpha value is -2.53. The maximum atomic E-state index is 13.9. The number of amides is 1. The fourth-order valence-electron chi connectivity index (χ4n) is 6.52. The standard InChI is InChI=1S/C29H33FN2OS/c1-28(2)23-16-17-29(28,3)25(31-18-8-5-9-19-31)24(23)27(34)32(22-10-6-4-7-11-22)26(33)20-12-14-21(30)15-13-20/h4,6-7,10-15,23H,5,8-9,16-19H2,1-3H3. The molecule has 1 saturated carbocycles. The number of likely N-dealkylation sites (tertiary alicyclic amines) is 1. The van der Waals surface area contributed by atoms with Gasteiger partial charge >= 0.3 is 0 Å². The van der Waals surface area contributed by atoms with Gasteiger partial charge in [-0.05, 0) is 79.8 Å². The van der Waals surface area contributed by atoms with E-state index in [1.807, 2.05) is 30.3 Å². The molecule has 0 aromatic heterocycles. The Morgan fingerprint density at radius 3 is 2.29 bits per heavy atom. The van der Waals surface area contributed by atoms with Crippen molar-refractivity contribution in [2.75, 3.05) is 18.0 Å². The first-order valence-electron chi connectivity index (χ1n) is 12.4. The van der Waals surface area contributed by atoms with Crippen LogP contribution in [0.15, 0.2) is 65.9 Å². The number of benzene rings is 2. The summed E-state index contributed by atoms with van der Waals surface area (Å²) in [6.07, 6.45) is 5.90. The third kappa shape index (κ3) is 3.51. The molecule has 1 heterocycles. The van der Waals surface area contributed by atoms with E-state index in [-0.39, 0.29) is 22.6 Å². The third-order valence-corrected chi connectivity index (χ3v) is 9.17. The second-order valence-electron chi connectivity index (χ2n) is 10.7. The molecule has 3 nitrogen and oxygen atoms in total. The first kappa shape index (κ1) is 23.2. The van der Waals surface area contributed by atoms with Gasteiger partial charge in [-0.1, -0.05) is 51.2 Å². The molecular weight excluding hydrogens is 443 g/mol. The molecule has 5 rings (SSSR count). The number of allylic oxidation sites excluding steroid dienone is 1. The van der Waals surface area contributed by atoms with Crippen LogP contribution in [-0.4, -0.2) is 28.9 Å². The topological polar surface area (TPSA) is 23.6 Å². The maximum Gasteiger partial charge on any atom is 0.263 e. The molecule has 34 heavy (non-hydrogen) atoms. The zero-order chi connectivity index (χ0) is 24.1. The molecule has 2 aromatic rings. The van der Waals surface area contributed by atoms with Gasteiger partial charge in [0, 0.05) is 35.3 Å². The molecule has 2 unspecified atom stereocenters. The molecule has 2 aliphatic carbocycles. The lowest BCUT2D eigenvalue weighted by Crippen LogP contribution is -2.42. The SMILES string of the molecule is CC12CCC(C(C(=S)N(C(=O)c3ccc(F)cc3)c3ccccc3)=C1N1CCCCC1)C2(C)C. The summed E-state index contributed by atoms with van der Waals surface area (Å²) >= 11 is 6.23. The van der Waals surface area contributed by atoms with Crippen LogP contribution in [0.3, 0.4) is 0 Å². The number of carbonyl (C=O) groups is 1. The number of nitrogens with zero attached hydrogens (tertiary/aromatic N) is 2. The van der Waals surface area contributed by atoms with Gasteiger partial charge in [0.15, 0.2) is 0 Å². The Labute approximate surface area is 207 Å². The molecule has 2 bridgehead atoms. The van der Waals surface area contributed by atoms with Crippen molar-refractivity contribution in [3.8, 4) is 0 Å². The fourth-order valence-corrected chi connectivity index (χ4v) is 6.95. The Balaban J connectivity index is 1.65. The van der Waals surface area contributed by atoms with E-state index in [9.17, 15) is 9.18 Å². The summed E-state index contributed by atoms with van der Waals surface area (Å²) in [5, 5.41) is 0. The number of thiocarbonyl (C=S) groups is 1. The van der Waals surface area contributed by atoms with E-state index in [4.69, 9.17) is 12.2 Å². The van der Waals surface area contributed by atoms with Gasteiger partial charge < -0.3 is 4.90 Å².